The van der Waals surface area contributed by atoms with Gasteiger partial charge in [0.05, 0.1) is 6.54 Å². The van der Waals surface area contributed by atoms with Gasteiger partial charge in [0.1, 0.15) is 0 Å². The normalized spacial score (nSPS) is 12.2. The Morgan fingerprint density at radius 1 is 1.29 bits per heavy atom. The fourth-order valence-corrected chi connectivity index (χ4v) is 2.88. The molecule has 0 atom stereocenters. The summed E-state index contributed by atoms with van der Waals surface area (Å²) in [5, 5.41) is 3.82. The van der Waals surface area contributed by atoms with Crippen LogP contribution in [0, 0.1) is 0 Å². The van der Waals surface area contributed by atoms with Crippen LogP contribution in [-0.2, 0) is 14.8 Å². The molecule has 116 valence electrons. The van der Waals surface area contributed by atoms with Crippen molar-refractivity contribution in [2.75, 3.05) is 13.1 Å². The second kappa shape index (κ2) is 7.95. The van der Waals surface area contributed by atoms with Crippen LogP contribution in [0.25, 0.3) is 6.08 Å². The van der Waals surface area contributed by atoms with Crippen LogP contribution >= 0.6 is 0 Å². The highest BCUT2D eigenvalue weighted by Crippen LogP contribution is 2.07. The Bertz CT molecular complexity index is 580. The molecule has 0 aromatic heterocycles. The Balaban J connectivity index is 2.78. The molecule has 5 nitrogen and oxygen atoms in total. The first-order valence-electron chi connectivity index (χ1n) is 6.87. The minimum atomic E-state index is -3.61. The summed E-state index contributed by atoms with van der Waals surface area (Å²) < 4.78 is 25.6. The summed E-state index contributed by atoms with van der Waals surface area (Å²) in [6.07, 6.45) is 1.53. The highest BCUT2D eigenvalue weighted by atomic mass is 32.2. The molecule has 0 bridgehead atoms. The molecule has 1 N–H and O–H groups in total. The van der Waals surface area contributed by atoms with E-state index in [9.17, 15) is 13.2 Å². The number of hydrogen-bond acceptors (Lipinski definition) is 3. The van der Waals surface area contributed by atoms with Gasteiger partial charge in [0, 0.05) is 18.0 Å². The third-order valence-electron chi connectivity index (χ3n) is 2.71. The number of nitrogens with zero attached hydrogens (tertiary/aromatic N) is 1. The van der Waals surface area contributed by atoms with E-state index in [0.717, 1.165) is 15.3 Å². The predicted molar refractivity (Wildman–Crippen MR) is 84.9 cm³/mol. The highest BCUT2D eigenvalue weighted by molar-refractivity contribution is 7.92. The number of benzene rings is 1. The Morgan fingerprint density at radius 2 is 1.90 bits per heavy atom. The van der Waals surface area contributed by atoms with Crippen LogP contribution in [0.2, 0.25) is 0 Å². The van der Waals surface area contributed by atoms with Crippen molar-refractivity contribution >= 4 is 22.0 Å². The first kappa shape index (κ1) is 17.4. The molecular weight excluding hydrogens is 288 g/mol. The van der Waals surface area contributed by atoms with E-state index in [4.69, 9.17) is 0 Å². The van der Waals surface area contributed by atoms with Crippen molar-refractivity contribution in [3.8, 4) is 0 Å². The number of rotatable bonds is 7. The molecule has 0 fully saturated rings. The molecule has 0 heterocycles. The van der Waals surface area contributed by atoms with Gasteiger partial charge in [-0.1, -0.05) is 37.3 Å². The highest BCUT2D eigenvalue weighted by Gasteiger charge is 2.20. The van der Waals surface area contributed by atoms with Gasteiger partial charge in [0.2, 0.25) is 15.9 Å². The van der Waals surface area contributed by atoms with Gasteiger partial charge in [-0.05, 0) is 25.5 Å². The molecule has 0 aliphatic rings. The summed E-state index contributed by atoms with van der Waals surface area (Å²) in [4.78, 5) is 11.7. The number of carbonyl (C=O) groups excluding carboxylic acids is 1. The smallest absolute Gasteiger partial charge is 0.236 e. The van der Waals surface area contributed by atoms with Crippen LogP contribution in [0.1, 0.15) is 26.3 Å². The number of carbonyl (C=O) groups is 1. The Morgan fingerprint density at radius 3 is 2.43 bits per heavy atom. The van der Waals surface area contributed by atoms with Gasteiger partial charge in [0.25, 0.3) is 0 Å². The zero-order valence-electron chi connectivity index (χ0n) is 12.6. The lowest BCUT2D eigenvalue weighted by Crippen LogP contribution is -2.41. The fourth-order valence-electron chi connectivity index (χ4n) is 1.72. The molecular formula is C15H22N2O3S. The molecule has 21 heavy (non-hydrogen) atoms. The van der Waals surface area contributed by atoms with Crippen molar-refractivity contribution in [2.24, 2.45) is 0 Å². The average molecular weight is 310 g/mol. The average Bonchev–Trinajstić information content (AvgIpc) is 2.43. The van der Waals surface area contributed by atoms with Gasteiger partial charge in [-0.15, -0.1) is 0 Å². The van der Waals surface area contributed by atoms with Gasteiger partial charge in [-0.2, -0.15) is 4.31 Å². The van der Waals surface area contributed by atoms with Crippen LogP contribution in [0.3, 0.4) is 0 Å². The van der Waals surface area contributed by atoms with Gasteiger partial charge in [0.15, 0.2) is 0 Å². The third kappa shape index (κ3) is 6.10. The monoisotopic (exact) mass is 310 g/mol. The maximum Gasteiger partial charge on any atom is 0.236 e. The molecule has 1 rings (SSSR count). The van der Waals surface area contributed by atoms with Crippen molar-refractivity contribution in [1.82, 2.24) is 9.62 Å². The minimum Gasteiger partial charge on any atom is -0.353 e. The summed E-state index contributed by atoms with van der Waals surface area (Å²) in [5.41, 5.74) is 0.795. The summed E-state index contributed by atoms with van der Waals surface area (Å²) >= 11 is 0. The molecule has 1 aromatic rings. The SMILES string of the molecule is CCN(CC(=O)NC(C)C)S(=O)(=O)/C=C/c1ccccc1. The number of nitrogens with one attached hydrogen (secondary N) is 1. The van der Waals surface area contributed by atoms with Crippen LogP contribution < -0.4 is 5.32 Å². The molecule has 1 aromatic carbocycles. The van der Waals surface area contributed by atoms with E-state index < -0.39 is 10.0 Å². The molecule has 0 saturated heterocycles. The topological polar surface area (TPSA) is 66.5 Å². The molecule has 1 amide bonds. The zero-order valence-corrected chi connectivity index (χ0v) is 13.4. The van der Waals surface area contributed by atoms with Crippen LogP contribution in [0.5, 0.6) is 0 Å². The van der Waals surface area contributed by atoms with E-state index in [0.29, 0.717) is 0 Å². The van der Waals surface area contributed by atoms with E-state index >= 15 is 0 Å². The van der Waals surface area contributed by atoms with Crippen molar-refractivity contribution in [1.29, 1.82) is 0 Å². The Hall–Kier alpha value is -1.66. The van der Waals surface area contributed by atoms with Crippen LogP contribution in [-0.4, -0.2) is 37.8 Å². The zero-order chi connectivity index (χ0) is 15.9. The molecule has 0 aliphatic heterocycles. The number of sulfonamides is 1. The van der Waals surface area contributed by atoms with E-state index in [2.05, 4.69) is 5.32 Å². The van der Waals surface area contributed by atoms with Gasteiger partial charge in [-0.25, -0.2) is 8.42 Å². The second-order valence-corrected chi connectivity index (χ2v) is 6.73. The molecule has 0 unspecified atom stereocenters. The quantitative estimate of drug-likeness (QED) is 0.835. The third-order valence-corrected chi connectivity index (χ3v) is 4.30. The Kier molecular flexibility index (Phi) is 6.58. The lowest BCUT2D eigenvalue weighted by molar-refractivity contribution is -0.121. The summed E-state index contributed by atoms with van der Waals surface area (Å²) in [7, 11) is -3.61. The lowest BCUT2D eigenvalue weighted by atomic mass is 10.2. The van der Waals surface area contributed by atoms with Gasteiger partial charge in [-0.3, -0.25) is 4.79 Å². The van der Waals surface area contributed by atoms with Gasteiger partial charge >= 0.3 is 0 Å². The van der Waals surface area contributed by atoms with Gasteiger partial charge < -0.3 is 5.32 Å². The molecule has 0 aliphatic carbocycles. The van der Waals surface area contributed by atoms with Crippen molar-refractivity contribution < 1.29 is 13.2 Å². The van der Waals surface area contributed by atoms with Crippen LogP contribution in [0.15, 0.2) is 35.7 Å². The predicted octanol–water partition coefficient (Wildman–Crippen LogP) is 1.83. The van der Waals surface area contributed by atoms with Crippen molar-refractivity contribution in [2.45, 2.75) is 26.8 Å². The van der Waals surface area contributed by atoms with Crippen LogP contribution in [0.4, 0.5) is 0 Å². The maximum absolute atomic E-state index is 12.2. The van der Waals surface area contributed by atoms with E-state index in [1.807, 2.05) is 44.2 Å². The molecule has 0 saturated carbocycles. The molecule has 0 radical (unpaired) electrons. The summed E-state index contributed by atoms with van der Waals surface area (Å²) in [6.45, 7) is 5.44. The number of likely N-dealkylation sites (N-methyl/N-ethyl adjacent to an activating group) is 1. The number of amides is 1. The second-order valence-electron chi connectivity index (χ2n) is 4.91. The molecule has 0 spiro atoms. The molecule has 6 heteroatoms. The van der Waals surface area contributed by atoms with E-state index in [1.54, 1.807) is 6.92 Å². The summed E-state index contributed by atoms with van der Waals surface area (Å²) in [5.74, 6) is -0.302. The summed E-state index contributed by atoms with van der Waals surface area (Å²) in [6, 6.07) is 9.14. The first-order chi connectivity index (χ1) is 9.85. The minimum absolute atomic E-state index is 0.0150. The van der Waals surface area contributed by atoms with E-state index in [1.165, 1.54) is 6.08 Å². The maximum atomic E-state index is 12.2. The first-order valence-corrected chi connectivity index (χ1v) is 8.38. The van der Waals surface area contributed by atoms with Crippen molar-refractivity contribution in [3.05, 3.63) is 41.3 Å². The number of hydrogen-bond donors (Lipinski definition) is 1. The largest absolute Gasteiger partial charge is 0.353 e. The standard InChI is InChI=1S/C15H22N2O3S/c1-4-17(12-15(18)16-13(2)3)21(19,20)11-10-14-8-6-5-7-9-14/h5-11,13H,4,12H2,1-3H3,(H,16,18)/b11-10+. The fraction of sp³-hybridized carbons (Fsp3) is 0.400. The van der Waals surface area contributed by atoms with E-state index in [-0.39, 0.29) is 25.0 Å². The van der Waals surface area contributed by atoms with Crippen molar-refractivity contribution in [3.63, 3.8) is 0 Å². The Labute approximate surface area is 126 Å². The lowest BCUT2D eigenvalue weighted by Gasteiger charge is -2.18.